The highest BCUT2D eigenvalue weighted by Gasteiger charge is 2.30. The number of nitrogens with zero attached hydrogens (tertiary/aromatic N) is 1. The fraction of sp³-hybridized carbons (Fsp3) is 0.231. The average Bonchev–Trinajstić information content (AvgIpc) is 2.94. The van der Waals surface area contributed by atoms with Gasteiger partial charge in [0.15, 0.2) is 6.10 Å². The molecule has 4 rings (SSSR count). The van der Waals surface area contributed by atoms with E-state index in [2.05, 4.69) is 10.6 Å². The molecule has 3 amide bonds. The van der Waals surface area contributed by atoms with E-state index in [0.29, 0.717) is 40.4 Å². The van der Waals surface area contributed by atoms with E-state index in [1.54, 1.807) is 49.6 Å². The minimum Gasteiger partial charge on any atom is -0.497 e. The van der Waals surface area contributed by atoms with Gasteiger partial charge >= 0.3 is 6.03 Å². The van der Waals surface area contributed by atoms with Crippen molar-refractivity contribution in [1.29, 1.82) is 0 Å². The number of carbonyl (C=O) groups excluding carboxylic acids is 2. The standard InChI is InChI=1S/C26H25F2N3O4/c1-3-23-25(32)31(14-16-9-18(27)12-19(28)10-16)15-17-11-21(7-8-24(17)35-23)30-26(33)29-20-5-4-6-22(13-20)34-2/h4-13,23H,3,14-15H2,1-2H3,(H2,29,30,33). The number of hydrogen-bond acceptors (Lipinski definition) is 4. The molecule has 35 heavy (non-hydrogen) atoms. The second kappa shape index (κ2) is 10.4. The van der Waals surface area contributed by atoms with Crippen LogP contribution >= 0.6 is 0 Å². The van der Waals surface area contributed by atoms with Crippen molar-refractivity contribution in [3.63, 3.8) is 0 Å². The zero-order chi connectivity index (χ0) is 24.9. The Bertz CT molecular complexity index is 1230. The van der Waals surface area contributed by atoms with Gasteiger partial charge in [-0.05, 0) is 54.4 Å². The fourth-order valence-electron chi connectivity index (χ4n) is 3.90. The molecule has 0 spiro atoms. The smallest absolute Gasteiger partial charge is 0.323 e. The van der Waals surface area contributed by atoms with Crippen LogP contribution in [0.5, 0.6) is 11.5 Å². The van der Waals surface area contributed by atoms with Crippen molar-refractivity contribution in [2.45, 2.75) is 32.5 Å². The number of carbonyl (C=O) groups is 2. The molecule has 1 aliphatic rings. The third-order valence-corrected chi connectivity index (χ3v) is 5.53. The van der Waals surface area contributed by atoms with E-state index < -0.39 is 23.8 Å². The van der Waals surface area contributed by atoms with E-state index in [-0.39, 0.29) is 19.0 Å². The van der Waals surface area contributed by atoms with Gasteiger partial charge in [0.25, 0.3) is 5.91 Å². The molecule has 3 aromatic rings. The van der Waals surface area contributed by atoms with Crippen molar-refractivity contribution in [2.75, 3.05) is 17.7 Å². The fourth-order valence-corrected chi connectivity index (χ4v) is 3.90. The Morgan fingerprint density at radius 3 is 2.46 bits per heavy atom. The number of benzene rings is 3. The van der Waals surface area contributed by atoms with E-state index in [1.165, 1.54) is 17.0 Å². The average molecular weight is 481 g/mol. The number of nitrogens with one attached hydrogen (secondary N) is 2. The summed E-state index contributed by atoms with van der Waals surface area (Å²) >= 11 is 0. The Balaban J connectivity index is 1.53. The third kappa shape index (κ3) is 5.87. The molecule has 2 N–H and O–H groups in total. The van der Waals surface area contributed by atoms with E-state index in [4.69, 9.17) is 9.47 Å². The molecule has 7 nitrogen and oxygen atoms in total. The summed E-state index contributed by atoms with van der Waals surface area (Å²) in [6.45, 7) is 1.99. The number of hydrogen-bond donors (Lipinski definition) is 2. The predicted octanol–water partition coefficient (Wildman–Crippen LogP) is 5.32. The summed E-state index contributed by atoms with van der Waals surface area (Å²) in [5.74, 6) is -0.576. The molecule has 182 valence electrons. The summed E-state index contributed by atoms with van der Waals surface area (Å²) in [6, 6.07) is 14.8. The van der Waals surface area contributed by atoms with Gasteiger partial charge in [-0.1, -0.05) is 13.0 Å². The van der Waals surface area contributed by atoms with Crippen molar-refractivity contribution < 1.29 is 27.8 Å². The lowest BCUT2D eigenvalue weighted by Gasteiger charge is -2.23. The van der Waals surface area contributed by atoms with Gasteiger partial charge in [0.05, 0.1) is 7.11 Å². The first kappa shape index (κ1) is 24.0. The number of methoxy groups -OCH3 is 1. The van der Waals surface area contributed by atoms with Crippen LogP contribution in [0.1, 0.15) is 24.5 Å². The number of urea groups is 1. The van der Waals surface area contributed by atoms with Crippen LogP contribution in [0.3, 0.4) is 0 Å². The molecule has 0 aliphatic carbocycles. The molecule has 0 aromatic heterocycles. The number of anilines is 2. The Morgan fingerprint density at radius 1 is 1.06 bits per heavy atom. The van der Waals surface area contributed by atoms with Gasteiger partial charge in [-0.3, -0.25) is 4.79 Å². The van der Waals surface area contributed by atoms with E-state index in [0.717, 1.165) is 6.07 Å². The second-order valence-electron chi connectivity index (χ2n) is 8.12. The van der Waals surface area contributed by atoms with Crippen LogP contribution in [-0.2, 0) is 17.9 Å². The van der Waals surface area contributed by atoms with Crippen molar-refractivity contribution in [2.24, 2.45) is 0 Å². The third-order valence-electron chi connectivity index (χ3n) is 5.53. The number of fused-ring (bicyclic) bond motifs is 1. The number of halogens is 2. The summed E-state index contributed by atoms with van der Waals surface area (Å²) in [7, 11) is 1.54. The first-order chi connectivity index (χ1) is 16.8. The lowest BCUT2D eigenvalue weighted by atomic mass is 10.1. The van der Waals surface area contributed by atoms with Crippen LogP contribution in [0.4, 0.5) is 25.0 Å². The van der Waals surface area contributed by atoms with Gasteiger partial charge in [-0.25, -0.2) is 13.6 Å². The van der Waals surface area contributed by atoms with Crippen LogP contribution in [0.15, 0.2) is 60.7 Å². The molecule has 3 aromatic carbocycles. The van der Waals surface area contributed by atoms with Crippen LogP contribution in [0, 0.1) is 11.6 Å². The highest BCUT2D eigenvalue weighted by Crippen LogP contribution is 2.30. The summed E-state index contributed by atoms with van der Waals surface area (Å²) in [4.78, 5) is 27.1. The normalized spacial score (nSPS) is 15.0. The van der Waals surface area contributed by atoms with Crippen LogP contribution in [0.2, 0.25) is 0 Å². The maximum Gasteiger partial charge on any atom is 0.323 e. The van der Waals surface area contributed by atoms with Gasteiger partial charge in [-0.2, -0.15) is 0 Å². The largest absolute Gasteiger partial charge is 0.497 e. The molecule has 0 saturated carbocycles. The van der Waals surface area contributed by atoms with E-state index >= 15 is 0 Å². The maximum atomic E-state index is 13.7. The summed E-state index contributed by atoms with van der Waals surface area (Å²) < 4.78 is 38.5. The molecule has 9 heteroatoms. The molecular formula is C26H25F2N3O4. The van der Waals surface area contributed by atoms with Gasteiger partial charge in [-0.15, -0.1) is 0 Å². The monoisotopic (exact) mass is 481 g/mol. The minimum atomic E-state index is -0.732. The first-order valence-corrected chi connectivity index (χ1v) is 11.1. The summed E-state index contributed by atoms with van der Waals surface area (Å²) in [5.41, 5.74) is 2.04. The topological polar surface area (TPSA) is 79.9 Å². The molecule has 1 unspecified atom stereocenters. The van der Waals surface area contributed by atoms with Crippen LogP contribution in [-0.4, -0.2) is 30.1 Å². The van der Waals surface area contributed by atoms with Gasteiger partial charge < -0.3 is 25.0 Å². The van der Waals surface area contributed by atoms with Gasteiger partial charge in [0, 0.05) is 42.2 Å². The van der Waals surface area contributed by atoms with Crippen LogP contribution in [0.25, 0.3) is 0 Å². The molecule has 0 radical (unpaired) electrons. The number of rotatable bonds is 6. The minimum absolute atomic E-state index is 0.0147. The predicted molar refractivity (Wildman–Crippen MR) is 127 cm³/mol. The molecule has 1 atom stereocenters. The first-order valence-electron chi connectivity index (χ1n) is 11.1. The van der Waals surface area contributed by atoms with Gasteiger partial charge in [0.1, 0.15) is 23.1 Å². The van der Waals surface area contributed by atoms with Crippen molar-refractivity contribution in [3.8, 4) is 11.5 Å². The van der Waals surface area contributed by atoms with Crippen molar-refractivity contribution >= 4 is 23.3 Å². The quantitative estimate of drug-likeness (QED) is 0.500. The number of ether oxygens (including phenoxy) is 2. The van der Waals surface area contributed by atoms with Crippen molar-refractivity contribution in [3.05, 3.63) is 83.4 Å². The molecule has 1 heterocycles. The molecule has 0 bridgehead atoms. The Hall–Kier alpha value is -4.14. The summed E-state index contributed by atoms with van der Waals surface area (Å²) in [5, 5.41) is 5.50. The summed E-state index contributed by atoms with van der Waals surface area (Å²) in [6.07, 6.45) is -0.306. The Kier molecular flexibility index (Phi) is 7.14. The highest BCUT2D eigenvalue weighted by atomic mass is 19.1. The van der Waals surface area contributed by atoms with Gasteiger partial charge in [0.2, 0.25) is 0 Å². The zero-order valence-corrected chi connectivity index (χ0v) is 19.3. The van der Waals surface area contributed by atoms with Crippen molar-refractivity contribution in [1.82, 2.24) is 4.90 Å². The Morgan fingerprint density at radius 2 is 1.77 bits per heavy atom. The Labute approximate surface area is 201 Å². The molecule has 0 saturated heterocycles. The maximum absolute atomic E-state index is 13.7. The highest BCUT2D eigenvalue weighted by molar-refractivity contribution is 6.00. The van der Waals surface area contributed by atoms with E-state index in [1.807, 2.05) is 6.92 Å². The van der Waals surface area contributed by atoms with E-state index in [9.17, 15) is 18.4 Å². The zero-order valence-electron chi connectivity index (χ0n) is 19.3. The molecule has 0 fully saturated rings. The molecular weight excluding hydrogens is 456 g/mol. The SMILES string of the molecule is CCC1Oc2ccc(NC(=O)Nc3cccc(OC)c3)cc2CN(Cc2cc(F)cc(F)c2)C1=O. The second-order valence-corrected chi connectivity index (χ2v) is 8.12. The molecule has 1 aliphatic heterocycles. The lowest BCUT2D eigenvalue weighted by molar-refractivity contribution is -0.139. The number of amides is 3. The van der Waals surface area contributed by atoms with Crippen LogP contribution < -0.4 is 20.1 Å². The lowest BCUT2D eigenvalue weighted by Crippen LogP contribution is -2.38.